The Morgan fingerprint density at radius 1 is 1.40 bits per heavy atom. The second-order valence-corrected chi connectivity index (χ2v) is 3.70. The van der Waals surface area contributed by atoms with Crippen molar-refractivity contribution >= 4 is 0 Å². The smallest absolute Gasteiger partial charge is 0.244 e. The summed E-state index contributed by atoms with van der Waals surface area (Å²) in [5.74, 6) is 1.72. The van der Waals surface area contributed by atoms with Crippen LogP contribution in [0.3, 0.4) is 0 Å². The Hall–Kier alpha value is -1.62. The highest BCUT2D eigenvalue weighted by Crippen LogP contribution is 2.21. The van der Waals surface area contributed by atoms with E-state index < -0.39 is 0 Å². The van der Waals surface area contributed by atoms with Crippen molar-refractivity contribution < 1.29 is 8.94 Å². The van der Waals surface area contributed by atoms with Crippen LogP contribution in [0, 0.1) is 5.92 Å². The van der Waals surface area contributed by atoms with Crippen molar-refractivity contribution in [3.8, 4) is 11.6 Å². The second kappa shape index (κ2) is 3.86. The third-order valence-corrected chi connectivity index (χ3v) is 2.19. The highest BCUT2D eigenvalue weighted by atomic mass is 16.5. The molecule has 0 saturated heterocycles. The van der Waals surface area contributed by atoms with Gasteiger partial charge in [-0.2, -0.15) is 4.98 Å². The molecule has 5 nitrogen and oxygen atoms in total. The molecule has 0 radical (unpaired) electrons. The van der Waals surface area contributed by atoms with E-state index in [1.54, 1.807) is 18.4 Å². The number of hydrogen-bond acceptors (Lipinski definition) is 5. The summed E-state index contributed by atoms with van der Waals surface area (Å²) in [6.45, 7) is 4.00. The van der Waals surface area contributed by atoms with Crippen LogP contribution in [-0.2, 0) is 0 Å². The van der Waals surface area contributed by atoms with Gasteiger partial charge in [-0.15, -0.1) is 0 Å². The minimum Gasteiger partial charge on any atom is -0.461 e. The van der Waals surface area contributed by atoms with Crippen molar-refractivity contribution in [2.75, 3.05) is 0 Å². The number of hydrogen-bond donors (Lipinski definition) is 1. The summed E-state index contributed by atoms with van der Waals surface area (Å²) in [4.78, 5) is 4.18. The number of nitrogens with two attached hydrogens (primary N) is 1. The summed E-state index contributed by atoms with van der Waals surface area (Å²) in [6, 6.07) is 3.31. The summed E-state index contributed by atoms with van der Waals surface area (Å²) >= 11 is 0. The van der Waals surface area contributed by atoms with E-state index in [9.17, 15) is 0 Å². The number of aromatic nitrogens is 2. The quantitative estimate of drug-likeness (QED) is 0.832. The highest BCUT2D eigenvalue weighted by molar-refractivity contribution is 5.44. The van der Waals surface area contributed by atoms with E-state index in [4.69, 9.17) is 14.7 Å². The molecule has 0 fully saturated rings. The standard InChI is InChI=1S/C10H13N3O2/c1-6(2)8(11)10-12-9(13-15-10)7-4-3-5-14-7/h3-6,8H,11H2,1-2H3. The van der Waals surface area contributed by atoms with Crippen LogP contribution in [0.25, 0.3) is 11.6 Å². The molecule has 0 aliphatic heterocycles. The molecule has 2 aromatic rings. The van der Waals surface area contributed by atoms with Crippen molar-refractivity contribution in [2.45, 2.75) is 19.9 Å². The molecule has 2 rings (SSSR count). The van der Waals surface area contributed by atoms with Crippen LogP contribution in [0.5, 0.6) is 0 Å². The molecule has 1 atom stereocenters. The average molecular weight is 207 g/mol. The first-order valence-corrected chi connectivity index (χ1v) is 4.81. The second-order valence-electron chi connectivity index (χ2n) is 3.70. The summed E-state index contributed by atoms with van der Waals surface area (Å²) < 4.78 is 10.2. The van der Waals surface area contributed by atoms with Gasteiger partial charge >= 0.3 is 0 Å². The van der Waals surface area contributed by atoms with Gasteiger partial charge in [0.25, 0.3) is 0 Å². The van der Waals surface area contributed by atoms with Gasteiger partial charge in [0.2, 0.25) is 11.7 Å². The topological polar surface area (TPSA) is 78.1 Å². The van der Waals surface area contributed by atoms with Gasteiger partial charge < -0.3 is 14.7 Å². The summed E-state index contributed by atoms with van der Waals surface area (Å²) in [5.41, 5.74) is 5.88. The maximum atomic E-state index is 5.88. The van der Waals surface area contributed by atoms with E-state index in [-0.39, 0.29) is 12.0 Å². The lowest BCUT2D eigenvalue weighted by Crippen LogP contribution is -2.16. The summed E-state index contributed by atoms with van der Waals surface area (Å²) in [6.07, 6.45) is 1.56. The molecule has 80 valence electrons. The zero-order valence-corrected chi connectivity index (χ0v) is 8.68. The number of furan rings is 1. The van der Waals surface area contributed by atoms with E-state index in [1.165, 1.54) is 0 Å². The first-order chi connectivity index (χ1) is 7.18. The van der Waals surface area contributed by atoms with Crippen molar-refractivity contribution in [3.63, 3.8) is 0 Å². The molecule has 0 bridgehead atoms. The molecule has 2 aromatic heterocycles. The molecule has 0 amide bonds. The maximum absolute atomic E-state index is 5.88. The molecule has 0 aliphatic carbocycles. The van der Waals surface area contributed by atoms with E-state index >= 15 is 0 Å². The predicted molar refractivity (Wildman–Crippen MR) is 53.8 cm³/mol. The first kappa shape index (κ1) is 9.92. The van der Waals surface area contributed by atoms with Crippen LogP contribution < -0.4 is 5.73 Å². The summed E-state index contributed by atoms with van der Waals surface area (Å²) in [7, 11) is 0. The van der Waals surface area contributed by atoms with Crippen molar-refractivity contribution in [2.24, 2.45) is 11.7 Å². The minimum absolute atomic E-state index is 0.235. The van der Waals surface area contributed by atoms with Crippen LogP contribution in [0.4, 0.5) is 0 Å². The van der Waals surface area contributed by atoms with Gasteiger partial charge in [-0.05, 0) is 18.1 Å². The largest absolute Gasteiger partial charge is 0.461 e. The molecule has 2 N–H and O–H groups in total. The van der Waals surface area contributed by atoms with Gasteiger partial charge in [-0.3, -0.25) is 0 Å². The van der Waals surface area contributed by atoms with Crippen molar-refractivity contribution in [1.82, 2.24) is 10.1 Å². The average Bonchev–Trinajstić information content (AvgIpc) is 2.86. The lowest BCUT2D eigenvalue weighted by atomic mass is 10.1. The van der Waals surface area contributed by atoms with E-state index in [0.717, 1.165) is 0 Å². The van der Waals surface area contributed by atoms with E-state index in [0.29, 0.717) is 17.5 Å². The Morgan fingerprint density at radius 2 is 2.20 bits per heavy atom. The van der Waals surface area contributed by atoms with Crippen LogP contribution in [0.1, 0.15) is 25.8 Å². The van der Waals surface area contributed by atoms with Crippen LogP contribution in [-0.4, -0.2) is 10.1 Å². The Morgan fingerprint density at radius 3 is 2.80 bits per heavy atom. The van der Waals surface area contributed by atoms with E-state index in [2.05, 4.69) is 10.1 Å². The monoisotopic (exact) mass is 207 g/mol. The molecular weight excluding hydrogens is 194 g/mol. The molecular formula is C10H13N3O2. The molecule has 15 heavy (non-hydrogen) atoms. The fourth-order valence-electron chi connectivity index (χ4n) is 1.16. The van der Waals surface area contributed by atoms with Crippen LogP contribution >= 0.6 is 0 Å². The number of nitrogens with zero attached hydrogens (tertiary/aromatic N) is 2. The van der Waals surface area contributed by atoms with E-state index in [1.807, 2.05) is 13.8 Å². The predicted octanol–water partition coefficient (Wildman–Crippen LogP) is 1.99. The van der Waals surface area contributed by atoms with Gasteiger partial charge in [0, 0.05) is 0 Å². The van der Waals surface area contributed by atoms with Gasteiger partial charge in [0.15, 0.2) is 5.76 Å². The number of rotatable bonds is 3. The maximum Gasteiger partial charge on any atom is 0.244 e. The lowest BCUT2D eigenvalue weighted by molar-refractivity contribution is 0.324. The van der Waals surface area contributed by atoms with Crippen LogP contribution in [0.15, 0.2) is 27.3 Å². The molecule has 1 unspecified atom stereocenters. The fourth-order valence-corrected chi connectivity index (χ4v) is 1.16. The fraction of sp³-hybridized carbons (Fsp3) is 0.400. The van der Waals surface area contributed by atoms with Crippen LogP contribution in [0.2, 0.25) is 0 Å². The Labute approximate surface area is 87.3 Å². The lowest BCUT2D eigenvalue weighted by Gasteiger charge is -2.08. The van der Waals surface area contributed by atoms with Gasteiger partial charge in [0.05, 0.1) is 12.3 Å². The first-order valence-electron chi connectivity index (χ1n) is 4.81. The van der Waals surface area contributed by atoms with Crippen molar-refractivity contribution in [3.05, 3.63) is 24.3 Å². The molecule has 0 saturated carbocycles. The Bertz CT molecular complexity index is 420. The SMILES string of the molecule is CC(C)C(N)c1nc(-c2ccco2)no1. The summed E-state index contributed by atoms with van der Waals surface area (Å²) in [5, 5.41) is 3.80. The zero-order valence-electron chi connectivity index (χ0n) is 8.68. The highest BCUT2D eigenvalue weighted by Gasteiger charge is 2.19. The molecule has 0 aromatic carbocycles. The third-order valence-electron chi connectivity index (χ3n) is 2.19. The van der Waals surface area contributed by atoms with Crippen molar-refractivity contribution in [1.29, 1.82) is 0 Å². The Kier molecular flexibility index (Phi) is 2.55. The Balaban J connectivity index is 2.25. The third kappa shape index (κ3) is 1.92. The molecule has 5 heteroatoms. The molecule has 2 heterocycles. The van der Waals surface area contributed by atoms with Gasteiger partial charge in [0.1, 0.15) is 0 Å². The van der Waals surface area contributed by atoms with Gasteiger partial charge in [-0.1, -0.05) is 19.0 Å². The minimum atomic E-state index is -0.235. The van der Waals surface area contributed by atoms with Gasteiger partial charge in [-0.25, -0.2) is 0 Å². The zero-order chi connectivity index (χ0) is 10.8. The molecule has 0 aliphatic rings. The molecule has 0 spiro atoms. The normalized spacial score (nSPS) is 13.3.